The van der Waals surface area contributed by atoms with Crippen LogP contribution in [-0.2, 0) is 9.59 Å². The average Bonchev–Trinajstić information content (AvgIpc) is 3.02. The lowest BCUT2D eigenvalue weighted by Gasteiger charge is -2.13. The van der Waals surface area contributed by atoms with Crippen molar-refractivity contribution in [3.63, 3.8) is 0 Å². The van der Waals surface area contributed by atoms with Crippen LogP contribution in [0.1, 0.15) is 45.4 Å². The van der Waals surface area contributed by atoms with Gasteiger partial charge in [-0.05, 0) is 37.0 Å². The third kappa shape index (κ3) is 5.49. The number of hydrogen-bond acceptors (Lipinski definition) is 3. The van der Waals surface area contributed by atoms with Crippen molar-refractivity contribution in [1.82, 2.24) is 5.32 Å². The lowest BCUT2D eigenvalue weighted by Crippen LogP contribution is -2.28. The number of carboxylic acid groups (broad SMARTS) is 1. The Morgan fingerprint density at radius 2 is 2.00 bits per heavy atom. The molecule has 1 rings (SSSR count). The number of carbonyl (C=O) groups excluding carboxylic acids is 1. The molecule has 5 nitrogen and oxygen atoms in total. The van der Waals surface area contributed by atoms with E-state index in [-0.39, 0.29) is 30.3 Å². The van der Waals surface area contributed by atoms with Crippen molar-refractivity contribution >= 4 is 11.9 Å². The van der Waals surface area contributed by atoms with Gasteiger partial charge in [-0.15, -0.1) is 0 Å². The summed E-state index contributed by atoms with van der Waals surface area (Å²) in [4.78, 5) is 22.3. The van der Waals surface area contributed by atoms with Crippen LogP contribution in [0.4, 0.5) is 0 Å². The van der Waals surface area contributed by atoms with Crippen LogP contribution in [0.3, 0.4) is 0 Å². The van der Waals surface area contributed by atoms with Gasteiger partial charge in [0.1, 0.15) is 0 Å². The number of carbonyl (C=O) groups is 2. The lowest BCUT2D eigenvalue weighted by atomic mass is 9.98. The Labute approximate surface area is 108 Å². The summed E-state index contributed by atoms with van der Waals surface area (Å²) in [6.45, 7) is 2.75. The monoisotopic (exact) mass is 257 g/mol. The van der Waals surface area contributed by atoms with Crippen molar-refractivity contribution in [3.05, 3.63) is 0 Å². The number of nitrogens with one attached hydrogen (secondary N) is 1. The third-order valence-corrected chi connectivity index (χ3v) is 3.53. The van der Waals surface area contributed by atoms with Gasteiger partial charge in [0.2, 0.25) is 5.91 Å². The van der Waals surface area contributed by atoms with E-state index < -0.39 is 5.97 Å². The first-order chi connectivity index (χ1) is 8.47. The molecular weight excluding hydrogens is 234 g/mol. The number of aliphatic carboxylic acids is 1. The maximum Gasteiger partial charge on any atom is 0.303 e. The molecule has 0 aromatic heterocycles. The number of aliphatic hydroxyl groups is 1. The quantitative estimate of drug-likeness (QED) is 0.541. The number of aliphatic hydroxyl groups excluding tert-OH is 1. The van der Waals surface area contributed by atoms with E-state index in [4.69, 9.17) is 10.2 Å². The lowest BCUT2D eigenvalue weighted by molar-refractivity contribution is -0.138. The van der Waals surface area contributed by atoms with Gasteiger partial charge in [-0.25, -0.2) is 0 Å². The van der Waals surface area contributed by atoms with Crippen LogP contribution >= 0.6 is 0 Å². The largest absolute Gasteiger partial charge is 0.481 e. The molecule has 104 valence electrons. The van der Waals surface area contributed by atoms with Gasteiger partial charge in [0.25, 0.3) is 0 Å². The van der Waals surface area contributed by atoms with Gasteiger partial charge in [-0.2, -0.15) is 0 Å². The normalized spacial score (nSPS) is 18.1. The van der Waals surface area contributed by atoms with Crippen LogP contribution in [0.5, 0.6) is 0 Å². The first-order valence-electron chi connectivity index (χ1n) is 6.57. The minimum atomic E-state index is -0.822. The number of amides is 1. The van der Waals surface area contributed by atoms with Gasteiger partial charge in [0.05, 0.1) is 6.42 Å². The molecule has 1 unspecified atom stereocenters. The highest BCUT2D eigenvalue weighted by Gasteiger charge is 2.45. The van der Waals surface area contributed by atoms with Gasteiger partial charge in [-0.1, -0.05) is 6.92 Å². The van der Waals surface area contributed by atoms with Crippen molar-refractivity contribution < 1.29 is 19.8 Å². The van der Waals surface area contributed by atoms with Crippen molar-refractivity contribution in [1.29, 1.82) is 0 Å². The van der Waals surface area contributed by atoms with E-state index in [1.54, 1.807) is 0 Å². The molecule has 1 fully saturated rings. The Kier molecular flexibility index (Phi) is 5.59. The van der Waals surface area contributed by atoms with E-state index in [2.05, 4.69) is 5.32 Å². The van der Waals surface area contributed by atoms with E-state index in [1.807, 2.05) is 6.92 Å². The summed E-state index contributed by atoms with van der Waals surface area (Å²) in [6.07, 6.45) is 3.84. The molecule has 1 aliphatic rings. The molecule has 1 atom stereocenters. The van der Waals surface area contributed by atoms with Crippen LogP contribution in [0.25, 0.3) is 0 Å². The Balaban J connectivity index is 2.12. The van der Waals surface area contributed by atoms with E-state index in [9.17, 15) is 9.59 Å². The van der Waals surface area contributed by atoms with Crippen LogP contribution in [0.15, 0.2) is 0 Å². The van der Waals surface area contributed by atoms with Gasteiger partial charge in [0.15, 0.2) is 0 Å². The summed E-state index contributed by atoms with van der Waals surface area (Å²) in [7, 11) is 0. The summed E-state index contributed by atoms with van der Waals surface area (Å²) < 4.78 is 0. The Hall–Kier alpha value is -1.10. The fraction of sp³-hybridized carbons (Fsp3) is 0.846. The summed E-state index contributed by atoms with van der Waals surface area (Å²) in [6, 6.07) is 0. The molecule has 0 aromatic rings. The second-order valence-corrected chi connectivity index (χ2v) is 5.53. The van der Waals surface area contributed by atoms with E-state index in [0.717, 1.165) is 25.7 Å². The standard InChI is InChI=1S/C13H23NO4/c1-10(9-15)3-2-6-14-11(16)7-13(4-5-13)8-12(17)18/h10,15H,2-9H2,1H3,(H,14,16)(H,17,18). The van der Waals surface area contributed by atoms with Gasteiger partial charge in [-0.3, -0.25) is 9.59 Å². The molecule has 0 heterocycles. The summed E-state index contributed by atoms with van der Waals surface area (Å²) in [5, 5.41) is 20.4. The fourth-order valence-electron chi connectivity index (χ4n) is 2.09. The number of hydrogen-bond donors (Lipinski definition) is 3. The minimum absolute atomic E-state index is 0.0506. The highest BCUT2D eigenvalue weighted by molar-refractivity contribution is 5.78. The minimum Gasteiger partial charge on any atom is -0.481 e. The first kappa shape index (κ1) is 15.0. The van der Waals surface area contributed by atoms with Crippen molar-refractivity contribution in [3.8, 4) is 0 Å². The zero-order valence-corrected chi connectivity index (χ0v) is 10.9. The number of rotatable bonds is 9. The predicted octanol–water partition coefficient (Wildman–Crippen LogP) is 1.16. The smallest absolute Gasteiger partial charge is 0.303 e. The Morgan fingerprint density at radius 1 is 1.33 bits per heavy atom. The molecule has 5 heteroatoms. The summed E-state index contributed by atoms with van der Waals surface area (Å²) >= 11 is 0. The SMILES string of the molecule is CC(CO)CCCNC(=O)CC1(CC(=O)O)CC1. The van der Waals surface area contributed by atoms with E-state index in [0.29, 0.717) is 13.0 Å². The molecule has 0 radical (unpaired) electrons. The summed E-state index contributed by atoms with van der Waals surface area (Å²) in [5.41, 5.74) is -0.270. The van der Waals surface area contributed by atoms with Gasteiger partial charge < -0.3 is 15.5 Å². The highest BCUT2D eigenvalue weighted by Crippen LogP contribution is 2.51. The molecule has 0 aromatic carbocycles. The highest BCUT2D eigenvalue weighted by atomic mass is 16.4. The molecule has 1 aliphatic carbocycles. The zero-order chi connectivity index (χ0) is 13.6. The molecule has 3 N–H and O–H groups in total. The maximum absolute atomic E-state index is 11.6. The van der Waals surface area contributed by atoms with E-state index in [1.165, 1.54) is 0 Å². The fourth-order valence-corrected chi connectivity index (χ4v) is 2.09. The van der Waals surface area contributed by atoms with Gasteiger partial charge >= 0.3 is 5.97 Å². The molecule has 18 heavy (non-hydrogen) atoms. The number of carboxylic acids is 1. The molecule has 0 bridgehead atoms. The molecule has 0 saturated heterocycles. The second-order valence-electron chi connectivity index (χ2n) is 5.53. The van der Waals surface area contributed by atoms with Crippen LogP contribution in [-0.4, -0.2) is 35.2 Å². The molecule has 0 aliphatic heterocycles. The molecule has 1 saturated carbocycles. The van der Waals surface area contributed by atoms with Gasteiger partial charge in [0, 0.05) is 19.6 Å². The Morgan fingerprint density at radius 3 is 2.50 bits per heavy atom. The zero-order valence-electron chi connectivity index (χ0n) is 10.9. The topological polar surface area (TPSA) is 86.6 Å². The van der Waals surface area contributed by atoms with Crippen LogP contribution in [0, 0.1) is 11.3 Å². The second kappa shape index (κ2) is 6.73. The predicted molar refractivity (Wildman–Crippen MR) is 67.0 cm³/mol. The maximum atomic E-state index is 11.6. The van der Waals surface area contributed by atoms with Crippen molar-refractivity contribution in [2.75, 3.05) is 13.2 Å². The van der Waals surface area contributed by atoms with Crippen molar-refractivity contribution in [2.45, 2.75) is 45.4 Å². The average molecular weight is 257 g/mol. The van der Waals surface area contributed by atoms with Crippen molar-refractivity contribution in [2.24, 2.45) is 11.3 Å². The summed E-state index contributed by atoms with van der Waals surface area (Å²) in [5.74, 6) is -0.605. The Bertz CT molecular complexity index is 299. The molecule has 1 amide bonds. The third-order valence-electron chi connectivity index (χ3n) is 3.53. The molecular formula is C13H23NO4. The van der Waals surface area contributed by atoms with Crippen LogP contribution in [0.2, 0.25) is 0 Å². The van der Waals surface area contributed by atoms with E-state index >= 15 is 0 Å². The van der Waals surface area contributed by atoms with Crippen LogP contribution < -0.4 is 5.32 Å². The first-order valence-corrected chi connectivity index (χ1v) is 6.57. The molecule has 0 spiro atoms.